The van der Waals surface area contributed by atoms with E-state index >= 15 is 0 Å². The van der Waals surface area contributed by atoms with Gasteiger partial charge in [0.2, 0.25) is 0 Å². The number of anilines is 1. The zero-order valence-corrected chi connectivity index (χ0v) is 19.4. The normalized spacial score (nSPS) is 14.6. The lowest BCUT2D eigenvalue weighted by molar-refractivity contribution is -0.137. The number of benzene rings is 1. The molecule has 1 aliphatic rings. The number of nitrogens with zero attached hydrogens (tertiary/aromatic N) is 5. The van der Waals surface area contributed by atoms with E-state index in [4.69, 9.17) is 5.73 Å². The number of rotatable bonds is 6. The molecule has 1 fully saturated rings. The molecule has 1 aromatic carbocycles. The average molecular weight is 493 g/mol. The van der Waals surface area contributed by atoms with Gasteiger partial charge in [0.1, 0.15) is 11.6 Å². The molecule has 184 valence electrons. The van der Waals surface area contributed by atoms with Crippen molar-refractivity contribution in [3.05, 3.63) is 89.3 Å². The minimum atomic E-state index is -4.49. The number of nitrogen functional groups attached to an aromatic ring is 1. The second-order valence-corrected chi connectivity index (χ2v) is 8.90. The molecule has 0 aliphatic heterocycles. The van der Waals surface area contributed by atoms with Gasteiger partial charge in [-0.2, -0.15) is 13.2 Å². The van der Waals surface area contributed by atoms with Crippen LogP contribution in [0.4, 0.5) is 19.0 Å². The molecular formula is C26H23F3N6O. The number of hydrogen-bond acceptors (Lipinski definition) is 6. The number of aromatic nitrogens is 4. The first-order valence-corrected chi connectivity index (χ1v) is 11.5. The SMILES string of the molecule is CC(c1ncccn1)N(Cc1ccc(C(F)(F)F)cn1)C(=O)c1ccc2nc(N)c(C3CC3)cc2c1. The zero-order chi connectivity index (χ0) is 25.4. The van der Waals surface area contributed by atoms with Crippen molar-refractivity contribution in [2.24, 2.45) is 0 Å². The highest BCUT2D eigenvalue weighted by Crippen LogP contribution is 2.43. The molecule has 7 nitrogen and oxygen atoms in total. The molecule has 1 unspecified atom stereocenters. The number of carbonyl (C=O) groups excluding carboxylic acids is 1. The molecule has 1 amide bonds. The third-order valence-corrected chi connectivity index (χ3v) is 6.31. The predicted octanol–water partition coefficient (Wildman–Crippen LogP) is 5.30. The highest BCUT2D eigenvalue weighted by Gasteiger charge is 2.31. The molecule has 0 saturated heterocycles. The summed E-state index contributed by atoms with van der Waals surface area (Å²) in [5.41, 5.74) is 7.67. The van der Waals surface area contributed by atoms with Crippen LogP contribution in [0.1, 0.15) is 64.7 Å². The van der Waals surface area contributed by atoms with E-state index in [9.17, 15) is 18.0 Å². The number of pyridine rings is 2. The van der Waals surface area contributed by atoms with Crippen LogP contribution in [0.2, 0.25) is 0 Å². The van der Waals surface area contributed by atoms with E-state index in [1.54, 1.807) is 43.6 Å². The molecule has 4 aromatic rings. The lowest BCUT2D eigenvalue weighted by Crippen LogP contribution is -2.34. The van der Waals surface area contributed by atoms with Crippen LogP contribution < -0.4 is 5.73 Å². The van der Waals surface area contributed by atoms with Gasteiger partial charge in [-0.1, -0.05) is 0 Å². The van der Waals surface area contributed by atoms with Gasteiger partial charge in [-0.05, 0) is 73.7 Å². The van der Waals surface area contributed by atoms with Gasteiger partial charge in [-0.25, -0.2) is 15.0 Å². The maximum Gasteiger partial charge on any atom is 0.417 e. The summed E-state index contributed by atoms with van der Waals surface area (Å²) in [6.45, 7) is 1.74. The molecule has 0 spiro atoms. The quantitative estimate of drug-likeness (QED) is 0.392. The van der Waals surface area contributed by atoms with Crippen LogP contribution in [0.15, 0.2) is 61.1 Å². The van der Waals surface area contributed by atoms with Crippen LogP contribution in [-0.4, -0.2) is 30.7 Å². The van der Waals surface area contributed by atoms with Crippen LogP contribution in [0.5, 0.6) is 0 Å². The van der Waals surface area contributed by atoms with Crippen LogP contribution in [0.3, 0.4) is 0 Å². The lowest BCUT2D eigenvalue weighted by Gasteiger charge is -2.28. The van der Waals surface area contributed by atoms with E-state index in [-0.39, 0.29) is 12.5 Å². The van der Waals surface area contributed by atoms with Gasteiger partial charge in [-0.3, -0.25) is 9.78 Å². The van der Waals surface area contributed by atoms with E-state index in [1.165, 1.54) is 11.0 Å². The number of carbonyl (C=O) groups is 1. The molecule has 1 saturated carbocycles. The Bertz CT molecular complexity index is 1410. The molecule has 1 aliphatic carbocycles. The minimum absolute atomic E-state index is 0.0261. The molecule has 2 N–H and O–H groups in total. The monoisotopic (exact) mass is 492 g/mol. The zero-order valence-electron chi connectivity index (χ0n) is 19.4. The Balaban J connectivity index is 1.50. The fourth-order valence-corrected chi connectivity index (χ4v) is 4.14. The molecule has 10 heteroatoms. The minimum Gasteiger partial charge on any atom is -0.383 e. The van der Waals surface area contributed by atoms with E-state index < -0.39 is 17.8 Å². The summed E-state index contributed by atoms with van der Waals surface area (Å²) in [6, 6.07) is 10.5. The summed E-state index contributed by atoms with van der Waals surface area (Å²) in [5, 5.41) is 0.799. The van der Waals surface area contributed by atoms with Crippen molar-refractivity contribution in [3.8, 4) is 0 Å². The van der Waals surface area contributed by atoms with Gasteiger partial charge < -0.3 is 10.6 Å². The Morgan fingerprint density at radius 1 is 1.11 bits per heavy atom. The van der Waals surface area contributed by atoms with Gasteiger partial charge in [0.25, 0.3) is 5.91 Å². The topological polar surface area (TPSA) is 97.9 Å². The maximum absolute atomic E-state index is 13.7. The Hall–Kier alpha value is -4.08. The van der Waals surface area contributed by atoms with Crippen molar-refractivity contribution in [2.45, 2.75) is 44.4 Å². The summed E-state index contributed by atoms with van der Waals surface area (Å²) < 4.78 is 38.9. The van der Waals surface area contributed by atoms with Crippen molar-refractivity contribution in [1.82, 2.24) is 24.8 Å². The third-order valence-electron chi connectivity index (χ3n) is 6.31. The molecule has 0 bridgehead atoms. The Labute approximate surface area is 205 Å². The molecule has 5 rings (SSSR count). The molecule has 0 radical (unpaired) electrons. The predicted molar refractivity (Wildman–Crippen MR) is 128 cm³/mol. The second-order valence-electron chi connectivity index (χ2n) is 8.90. The number of hydrogen-bond donors (Lipinski definition) is 1. The Morgan fingerprint density at radius 3 is 2.50 bits per heavy atom. The van der Waals surface area contributed by atoms with Crippen LogP contribution >= 0.6 is 0 Å². The maximum atomic E-state index is 13.7. The Kier molecular flexibility index (Phi) is 6.03. The first-order valence-electron chi connectivity index (χ1n) is 11.5. The summed E-state index contributed by atoms with van der Waals surface area (Å²) in [5.74, 6) is 0.986. The number of alkyl halides is 3. The summed E-state index contributed by atoms with van der Waals surface area (Å²) in [4.78, 5) is 32.2. The molecular weight excluding hydrogens is 469 g/mol. The van der Waals surface area contributed by atoms with Gasteiger partial charge >= 0.3 is 6.18 Å². The highest BCUT2D eigenvalue weighted by atomic mass is 19.4. The van der Waals surface area contributed by atoms with Crippen LogP contribution in [-0.2, 0) is 12.7 Å². The first kappa shape index (κ1) is 23.7. The summed E-state index contributed by atoms with van der Waals surface area (Å²) in [6.07, 6.45) is 1.56. The van der Waals surface area contributed by atoms with Crippen molar-refractivity contribution in [3.63, 3.8) is 0 Å². The standard InChI is InChI=1S/C26H23F3N6O/c1-15(24-31-9-2-10-32-24)35(14-20-7-6-19(13-33-20)26(27,28)29)25(36)17-5-8-22-18(11-17)12-21(16-3-4-16)23(30)34-22/h2,5-13,15-16H,3-4,14H2,1H3,(H2,30,34). The smallest absolute Gasteiger partial charge is 0.383 e. The molecule has 36 heavy (non-hydrogen) atoms. The molecule has 3 aromatic heterocycles. The van der Waals surface area contributed by atoms with Crippen molar-refractivity contribution in [1.29, 1.82) is 0 Å². The third kappa shape index (κ3) is 4.84. The molecule has 1 atom stereocenters. The van der Waals surface area contributed by atoms with Gasteiger partial charge in [0.15, 0.2) is 0 Å². The number of nitrogens with two attached hydrogens (primary N) is 1. The number of halogens is 3. The number of amides is 1. The van der Waals surface area contributed by atoms with Crippen molar-refractivity contribution >= 4 is 22.6 Å². The first-order chi connectivity index (χ1) is 17.2. The lowest BCUT2D eigenvalue weighted by atomic mass is 10.0. The Morgan fingerprint density at radius 2 is 1.86 bits per heavy atom. The largest absolute Gasteiger partial charge is 0.417 e. The van der Waals surface area contributed by atoms with Gasteiger partial charge in [-0.15, -0.1) is 0 Å². The average Bonchev–Trinajstić information content (AvgIpc) is 3.71. The van der Waals surface area contributed by atoms with E-state index in [1.807, 2.05) is 6.07 Å². The van der Waals surface area contributed by atoms with Crippen molar-refractivity contribution in [2.75, 3.05) is 5.73 Å². The van der Waals surface area contributed by atoms with Crippen LogP contribution in [0, 0.1) is 0 Å². The van der Waals surface area contributed by atoms with Crippen molar-refractivity contribution < 1.29 is 18.0 Å². The van der Waals surface area contributed by atoms with Gasteiger partial charge in [0.05, 0.1) is 29.4 Å². The highest BCUT2D eigenvalue weighted by molar-refractivity contribution is 5.98. The summed E-state index contributed by atoms with van der Waals surface area (Å²) >= 11 is 0. The van der Waals surface area contributed by atoms with E-state index in [0.29, 0.717) is 34.3 Å². The second kappa shape index (κ2) is 9.18. The fraction of sp³-hybridized carbons (Fsp3) is 0.269. The fourth-order valence-electron chi connectivity index (χ4n) is 4.14. The molecule has 3 heterocycles. The van der Waals surface area contributed by atoms with Gasteiger partial charge in [0, 0.05) is 29.5 Å². The van der Waals surface area contributed by atoms with Crippen LogP contribution in [0.25, 0.3) is 10.9 Å². The summed E-state index contributed by atoms with van der Waals surface area (Å²) in [7, 11) is 0. The van der Waals surface area contributed by atoms with E-state index in [0.717, 1.165) is 36.1 Å². The number of fused-ring (bicyclic) bond motifs is 1. The van der Waals surface area contributed by atoms with E-state index in [2.05, 4.69) is 19.9 Å².